The van der Waals surface area contributed by atoms with Gasteiger partial charge in [-0.05, 0) is 24.6 Å². The van der Waals surface area contributed by atoms with Gasteiger partial charge < -0.3 is 14.5 Å². The number of nitrogens with zero attached hydrogens (tertiary/aromatic N) is 1. The molecule has 0 saturated heterocycles. The van der Waals surface area contributed by atoms with E-state index < -0.39 is 5.97 Å². The second-order valence-corrected chi connectivity index (χ2v) is 3.95. The van der Waals surface area contributed by atoms with Crippen LogP contribution in [-0.4, -0.2) is 29.7 Å². The highest BCUT2D eigenvalue weighted by atomic mass is 16.5. The van der Waals surface area contributed by atoms with Crippen molar-refractivity contribution in [1.82, 2.24) is 9.97 Å². The molecule has 0 radical (unpaired) electrons. The molecule has 5 heteroatoms. The first-order valence-corrected chi connectivity index (χ1v) is 6.27. The van der Waals surface area contributed by atoms with E-state index in [1.165, 1.54) is 7.11 Å². The molecule has 0 aliphatic rings. The molecule has 1 heterocycles. The number of carbonyl (C=O) groups excluding carboxylic acids is 1. The molecule has 20 heavy (non-hydrogen) atoms. The number of carbonyl (C=O) groups is 1. The SMILES string of the molecule is CCOC(=O)c1c(C=Cc2ncc[nH]2)cccc1OC. The number of benzene rings is 1. The maximum absolute atomic E-state index is 12.0. The Labute approximate surface area is 117 Å². The van der Waals surface area contributed by atoms with Crippen LogP contribution in [0.25, 0.3) is 12.2 Å². The van der Waals surface area contributed by atoms with Crippen molar-refractivity contribution in [2.75, 3.05) is 13.7 Å². The van der Waals surface area contributed by atoms with Crippen molar-refractivity contribution in [3.8, 4) is 5.75 Å². The van der Waals surface area contributed by atoms with Crippen molar-refractivity contribution >= 4 is 18.1 Å². The number of methoxy groups -OCH3 is 1. The van der Waals surface area contributed by atoms with Crippen molar-refractivity contribution in [3.63, 3.8) is 0 Å². The fourth-order valence-corrected chi connectivity index (χ4v) is 1.82. The standard InChI is InChI=1S/C15H16N2O3/c1-3-20-15(18)14-11(5-4-6-12(14)19-2)7-8-13-16-9-10-17-13/h4-10H,3H2,1-2H3,(H,16,17). The van der Waals surface area contributed by atoms with Gasteiger partial charge in [0.05, 0.1) is 13.7 Å². The molecule has 0 fully saturated rings. The van der Waals surface area contributed by atoms with E-state index in [1.54, 1.807) is 37.5 Å². The van der Waals surface area contributed by atoms with Gasteiger partial charge in [0.15, 0.2) is 0 Å². The summed E-state index contributed by atoms with van der Waals surface area (Å²) in [5.41, 5.74) is 1.14. The monoisotopic (exact) mass is 272 g/mol. The number of ether oxygens (including phenoxy) is 2. The van der Waals surface area contributed by atoms with Crippen molar-refractivity contribution in [2.24, 2.45) is 0 Å². The molecule has 0 atom stereocenters. The topological polar surface area (TPSA) is 64.2 Å². The van der Waals surface area contributed by atoms with E-state index in [0.717, 1.165) is 5.56 Å². The van der Waals surface area contributed by atoms with Crippen LogP contribution in [-0.2, 0) is 4.74 Å². The normalized spacial score (nSPS) is 10.7. The molecule has 104 valence electrons. The zero-order chi connectivity index (χ0) is 14.4. The molecule has 1 aromatic heterocycles. The summed E-state index contributed by atoms with van der Waals surface area (Å²) in [7, 11) is 1.53. The number of aromatic nitrogens is 2. The van der Waals surface area contributed by atoms with E-state index in [0.29, 0.717) is 23.7 Å². The van der Waals surface area contributed by atoms with E-state index >= 15 is 0 Å². The molecule has 2 aromatic rings. The molecule has 2 rings (SSSR count). The summed E-state index contributed by atoms with van der Waals surface area (Å²) < 4.78 is 10.3. The molecule has 0 unspecified atom stereocenters. The average Bonchev–Trinajstić information content (AvgIpc) is 2.98. The Morgan fingerprint density at radius 3 is 2.90 bits per heavy atom. The molecule has 0 amide bonds. The Hall–Kier alpha value is -2.56. The van der Waals surface area contributed by atoms with Gasteiger partial charge in [-0.1, -0.05) is 18.2 Å². The lowest BCUT2D eigenvalue weighted by atomic mass is 10.1. The maximum Gasteiger partial charge on any atom is 0.342 e. The quantitative estimate of drug-likeness (QED) is 0.850. The van der Waals surface area contributed by atoms with Crippen LogP contribution < -0.4 is 4.74 Å². The number of esters is 1. The van der Waals surface area contributed by atoms with Gasteiger partial charge in [0.1, 0.15) is 17.1 Å². The van der Waals surface area contributed by atoms with Gasteiger partial charge in [-0.2, -0.15) is 0 Å². The summed E-state index contributed by atoms with van der Waals surface area (Å²) in [6, 6.07) is 5.38. The van der Waals surface area contributed by atoms with Gasteiger partial charge in [0.2, 0.25) is 0 Å². The van der Waals surface area contributed by atoms with Gasteiger partial charge in [0.25, 0.3) is 0 Å². The van der Waals surface area contributed by atoms with Crippen LogP contribution in [0.1, 0.15) is 28.7 Å². The van der Waals surface area contributed by atoms with Gasteiger partial charge in [-0.25, -0.2) is 9.78 Å². The molecule has 0 aliphatic heterocycles. The van der Waals surface area contributed by atoms with E-state index in [1.807, 2.05) is 12.1 Å². The van der Waals surface area contributed by atoms with Gasteiger partial charge in [-0.3, -0.25) is 0 Å². The summed E-state index contributed by atoms with van der Waals surface area (Å²) in [6.45, 7) is 2.09. The number of nitrogens with one attached hydrogen (secondary N) is 1. The largest absolute Gasteiger partial charge is 0.496 e. The third-order valence-corrected chi connectivity index (χ3v) is 2.70. The van der Waals surface area contributed by atoms with Crippen LogP contribution in [0.3, 0.4) is 0 Å². The number of hydrogen-bond donors (Lipinski definition) is 1. The first kappa shape index (κ1) is 13.9. The van der Waals surface area contributed by atoms with Gasteiger partial charge >= 0.3 is 5.97 Å². The Kier molecular flexibility index (Phi) is 4.55. The van der Waals surface area contributed by atoms with Crippen molar-refractivity contribution < 1.29 is 14.3 Å². The Bertz CT molecular complexity index is 604. The summed E-state index contributed by atoms with van der Waals surface area (Å²) in [5, 5.41) is 0. The fourth-order valence-electron chi connectivity index (χ4n) is 1.82. The smallest absolute Gasteiger partial charge is 0.342 e. The predicted molar refractivity (Wildman–Crippen MR) is 76.5 cm³/mol. The molecule has 0 bridgehead atoms. The van der Waals surface area contributed by atoms with Crippen LogP contribution in [0.4, 0.5) is 0 Å². The van der Waals surface area contributed by atoms with Crippen molar-refractivity contribution in [3.05, 3.63) is 47.5 Å². The first-order valence-electron chi connectivity index (χ1n) is 6.27. The summed E-state index contributed by atoms with van der Waals surface area (Å²) in [6.07, 6.45) is 6.99. The van der Waals surface area contributed by atoms with E-state index in [9.17, 15) is 4.79 Å². The molecule has 1 N–H and O–H groups in total. The lowest BCUT2D eigenvalue weighted by molar-refractivity contribution is 0.0522. The van der Waals surface area contributed by atoms with Gasteiger partial charge in [0, 0.05) is 12.4 Å². The summed E-state index contributed by atoms with van der Waals surface area (Å²) in [4.78, 5) is 19.1. The van der Waals surface area contributed by atoms with Crippen LogP contribution in [0.5, 0.6) is 5.75 Å². The van der Waals surface area contributed by atoms with Crippen molar-refractivity contribution in [1.29, 1.82) is 0 Å². The molecule has 0 saturated carbocycles. The summed E-state index contributed by atoms with van der Waals surface area (Å²) in [5.74, 6) is 0.803. The number of H-pyrrole nitrogens is 1. The Morgan fingerprint density at radius 2 is 2.25 bits per heavy atom. The van der Waals surface area contributed by atoms with Crippen LogP contribution in [0, 0.1) is 0 Å². The second-order valence-electron chi connectivity index (χ2n) is 3.95. The number of imidazole rings is 1. The minimum absolute atomic E-state index is 0.318. The molecular formula is C15H16N2O3. The molecular weight excluding hydrogens is 256 g/mol. The highest BCUT2D eigenvalue weighted by molar-refractivity contribution is 5.97. The Morgan fingerprint density at radius 1 is 1.40 bits per heavy atom. The minimum atomic E-state index is -0.399. The predicted octanol–water partition coefficient (Wildman–Crippen LogP) is 2.77. The molecule has 0 spiro atoms. The summed E-state index contributed by atoms with van der Waals surface area (Å²) >= 11 is 0. The first-order chi connectivity index (χ1) is 9.76. The van der Waals surface area contributed by atoms with Crippen LogP contribution in [0.15, 0.2) is 30.6 Å². The lowest BCUT2D eigenvalue weighted by Gasteiger charge is -2.10. The lowest BCUT2D eigenvalue weighted by Crippen LogP contribution is -2.08. The zero-order valence-corrected chi connectivity index (χ0v) is 11.4. The third-order valence-electron chi connectivity index (χ3n) is 2.70. The van der Waals surface area contributed by atoms with Gasteiger partial charge in [-0.15, -0.1) is 0 Å². The van der Waals surface area contributed by atoms with Crippen LogP contribution >= 0.6 is 0 Å². The van der Waals surface area contributed by atoms with E-state index in [2.05, 4.69) is 9.97 Å². The molecule has 1 aromatic carbocycles. The molecule has 0 aliphatic carbocycles. The number of aromatic amines is 1. The van der Waals surface area contributed by atoms with E-state index in [-0.39, 0.29) is 0 Å². The van der Waals surface area contributed by atoms with E-state index in [4.69, 9.17) is 9.47 Å². The number of hydrogen-bond acceptors (Lipinski definition) is 4. The molecule has 5 nitrogen and oxygen atoms in total. The average molecular weight is 272 g/mol. The minimum Gasteiger partial charge on any atom is -0.496 e. The highest BCUT2D eigenvalue weighted by Gasteiger charge is 2.16. The van der Waals surface area contributed by atoms with Crippen LogP contribution in [0.2, 0.25) is 0 Å². The number of rotatable bonds is 5. The second kappa shape index (κ2) is 6.56. The van der Waals surface area contributed by atoms with Crippen molar-refractivity contribution in [2.45, 2.75) is 6.92 Å². The highest BCUT2D eigenvalue weighted by Crippen LogP contribution is 2.24. The third kappa shape index (κ3) is 3.06. The fraction of sp³-hybridized carbons (Fsp3) is 0.200. The Balaban J connectivity index is 2.39. The zero-order valence-electron chi connectivity index (χ0n) is 11.4. The maximum atomic E-state index is 12.0.